The number of hydrogen-bond acceptors (Lipinski definition) is 4. The number of rotatable bonds is 6. The number of hydrogen-bond donors (Lipinski definition) is 0. The highest BCUT2D eigenvalue weighted by Gasteiger charge is 2.22. The molecule has 0 spiro atoms. The van der Waals surface area contributed by atoms with E-state index in [1.807, 2.05) is 40.0 Å². The van der Waals surface area contributed by atoms with Crippen LogP contribution in [0.2, 0.25) is 0 Å². The molecule has 0 bridgehead atoms. The molecule has 0 aliphatic carbocycles. The molecule has 1 aromatic carbocycles. The van der Waals surface area contributed by atoms with E-state index in [-0.39, 0.29) is 5.91 Å². The molecule has 2 heterocycles. The van der Waals surface area contributed by atoms with Gasteiger partial charge in [-0.05, 0) is 42.7 Å². The van der Waals surface area contributed by atoms with E-state index in [0.29, 0.717) is 5.75 Å². The van der Waals surface area contributed by atoms with Crippen molar-refractivity contribution in [2.24, 2.45) is 0 Å². The van der Waals surface area contributed by atoms with Crippen LogP contribution in [0.25, 0.3) is 0 Å². The lowest BCUT2D eigenvalue weighted by Gasteiger charge is -2.29. The maximum Gasteiger partial charge on any atom is 0.236 e. The molecule has 2 aromatic rings. The molecule has 0 atom stereocenters. The second-order valence-electron chi connectivity index (χ2n) is 5.47. The van der Waals surface area contributed by atoms with Crippen LogP contribution in [0.4, 0.5) is 5.69 Å². The normalized spacial score (nSPS) is 13.7. The number of benzene rings is 1. The Bertz CT molecular complexity index is 658. The summed E-state index contributed by atoms with van der Waals surface area (Å²) in [4.78, 5) is 14.4. The van der Waals surface area contributed by atoms with Crippen LogP contribution in [0.1, 0.15) is 12.0 Å². The van der Waals surface area contributed by atoms with Gasteiger partial charge >= 0.3 is 0 Å². The highest BCUT2D eigenvalue weighted by atomic mass is 32.2. The smallest absolute Gasteiger partial charge is 0.236 e. The number of methoxy groups -OCH3 is 1. The minimum atomic E-state index is 0.182. The molecule has 3 rings (SSSR count). The standard InChI is InChI=1S/C17H21N3O2S/c1-22-15-5-6-16-14(12-15)4-2-9-20(16)17(21)13-23-11-10-19-8-3-7-18-19/h3,5-8,12H,2,4,9-11,13H2,1H3. The topological polar surface area (TPSA) is 47.4 Å². The maximum atomic E-state index is 12.5. The third-order valence-electron chi connectivity index (χ3n) is 3.96. The molecule has 0 unspecified atom stereocenters. The molecule has 1 aliphatic rings. The third-order valence-corrected chi connectivity index (χ3v) is 4.88. The molecule has 0 saturated carbocycles. The van der Waals surface area contributed by atoms with Gasteiger partial charge in [0.2, 0.25) is 5.91 Å². The maximum absolute atomic E-state index is 12.5. The fourth-order valence-corrected chi connectivity index (χ4v) is 3.58. The van der Waals surface area contributed by atoms with Crippen LogP contribution in [-0.2, 0) is 17.8 Å². The van der Waals surface area contributed by atoms with Crippen LogP contribution in [0, 0.1) is 0 Å². The molecule has 1 aliphatic heterocycles. The molecule has 0 fully saturated rings. The largest absolute Gasteiger partial charge is 0.497 e. The zero-order valence-corrected chi connectivity index (χ0v) is 14.1. The fourth-order valence-electron chi connectivity index (χ4n) is 2.79. The van der Waals surface area contributed by atoms with E-state index in [9.17, 15) is 4.79 Å². The first-order valence-electron chi connectivity index (χ1n) is 7.80. The van der Waals surface area contributed by atoms with Crippen LogP contribution in [0.15, 0.2) is 36.7 Å². The second-order valence-corrected chi connectivity index (χ2v) is 6.57. The zero-order valence-electron chi connectivity index (χ0n) is 13.3. The summed E-state index contributed by atoms with van der Waals surface area (Å²) in [7, 11) is 1.67. The van der Waals surface area contributed by atoms with Crippen molar-refractivity contribution in [3.8, 4) is 5.75 Å². The molecule has 1 amide bonds. The van der Waals surface area contributed by atoms with E-state index in [4.69, 9.17) is 4.74 Å². The van der Waals surface area contributed by atoms with Crippen LogP contribution in [0.3, 0.4) is 0 Å². The predicted molar refractivity (Wildman–Crippen MR) is 93.2 cm³/mol. The Labute approximate surface area is 140 Å². The van der Waals surface area contributed by atoms with Crippen molar-refractivity contribution in [3.05, 3.63) is 42.2 Å². The number of thioether (sulfide) groups is 1. The summed E-state index contributed by atoms with van der Waals surface area (Å²) in [5, 5.41) is 4.16. The van der Waals surface area contributed by atoms with Crippen LogP contribution in [0.5, 0.6) is 5.75 Å². The SMILES string of the molecule is COc1ccc2c(c1)CCCN2C(=O)CSCCn1cccn1. The highest BCUT2D eigenvalue weighted by Crippen LogP contribution is 2.30. The number of aromatic nitrogens is 2. The van der Waals surface area contributed by atoms with E-state index in [0.717, 1.165) is 43.1 Å². The lowest BCUT2D eigenvalue weighted by molar-refractivity contribution is -0.116. The molecule has 122 valence electrons. The minimum Gasteiger partial charge on any atom is -0.497 e. The van der Waals surface area contributed by atoms with Crippen LogP contribution < -0.4 is 9.64 Å². The lowest BCUT2D eigenvalue weighted by Crippen LogP contribution is -2.36. The van der Waals surface area contributed by atoms with Crippen molar-refractivity contribution in [2.75, 3.05) is 30.1 Å². The van der Waals surface area contributed by atoms with Gasteiger partial charge in [0.1, 0.15) is 5.75 Å². The summed E-state index contributed by atoms with van der Waals surface area (Å²) >= 11 is 1.66. The molecule has 23 heavy (non-hydrogen) atoms. The van der Waals surface area contributed by atoms with Crippen molar-refractivity contribution in [3.63, 3.8) is 0 Å². The van der Waals surface area contributed by atoms with Crippen LogP contribution in [-0.4, -0.2) is 40.8 Å². The van der Waals surface area contributed by atoms with Gasteiger partial charge in [-0.1, -0.05) is 0 Å². The summed E-state index contributed by atoms with van der Waals surface area (Å²) in [5.41, 5.74) is 2.24. The van der Waals surface area contributed by atoms with Gasteiger partial charge in [0, 0.05) is 36.9 Å². The molecular weight excluding hydrogens is 310 g/mol. The summed E-state index contributed by atoms with van der Waals surface area (Å²) in [6.45, 7) is 1.64. The Morgan fingerprint density at radius 1 is 1.43 bits per heavy atom. The Balaban J connectivity index is 1.56. The van der Waals surface area contributed by atoms with E-state index in [1.165, 1.54) is 5.56 Å². The average Bonchev–Trinajstić information content (AvgIpc) is 3.10. The minimum absolute atomic E-state index is 0.182. The van der Waals surface area contributed by atoms with Crippen molar-refractivity contribution in [1.82, 2.24) is 9.78 Å². The zero-order chi connectivity index (χ0) is 16.1. The van der Waals surface area contributed by atoms with Gasteiger partial charge in [0.05, 0.1) is 12.9 Å². The molecule has 5 nitrogen and oxygen atoms in total. The van der Waals surface area contributed by atoms with Crippen molar-refractivity contribution >= 4 is 23.4 Å². The van der Waals surface area contributed by atoms with Gasteiger partial charge in [-0.25, -0.2) is 0 Å². The van der Waals surface area contributed by atoms with Gasteiger partial charge in [-0.2, -0.15) is 16.9 Å². The van der Waals surface area contributed by atoms with Gasteiger partial charge in [0.15, 0.2) is 0 Å². The fraction of sp³-hybridized carbons (Fsp3) is 0.412. The summed E-state index contributed by atoms with van der Waals surface area (Å²) in [6, 6.07) is 7.88. The van der Waals surface area contributed by atoms with Gasteiger partial charge < -0.3 is 9.64 Å². The van der Waals surface area contributed by atoms with Crippen molar-refractivity contribution in [1.29, 1.82) is 0 Å². The van der Waals surface area contributed by atoms with Crippen molar-refractivity contribution in [2.45, 2.75) is 19.4 Å². The van der Waals surface area contributed by atoms with Crippen LogP contribution >= 0.6 is 11.8 Å². The molecular formula is C17H21N3O2S. The predicted octanol–water partition coefficient (Wildman–Crippen LogP) is 2.60. The first-order chi connectivity index (χ1) is 11.3. The van der Waals surface area contributed by atoms with Crippen molar-refractivity contribution < 1.29 is 9.53 Å². The summed E-state index contributed by atoms with van der Waals surface area (Å²) in [5.74, 6) is 2.43. The Hall–Kier alpha value is -1.95. The Kier molecular flexibility index (Phi) is 5.23. The number of ether oxygens (including phenoxy) is 1. The highest BCUT2D eigenvalue weighted by molar-refractivity contribution is 7.99. The first-order valence-corrected chi connectivity index (χ1v) is 8.96. The Morgan fingerprint density at radius 2 is 2.35 bits per heavy atom. The van der Waals surface area contributed by atoms with Gasteiger partial charge in [-0.15, -0.1) is 0 Å². The molecule has 6 heteroatoms. The Morgan fingerprint density at radius 3 is 3.13 bits per heavy atom. The lowest BCUT2D eigenvalue weighted by atomic mass is 10.0. The number of carbonyl (C=O) groups excluding carboxylic acids is 1. The number of amides is 1. The molecule has 1 aromatic heterocycles. The van der Waals surface area contributed by atoms with Gasteiger partial charge in [-0.3, -0.25) is 9.48 Å². The first kappa shape index (κ1) is 15.9. The van der Waals surface area contributed by atoms with E-state index < -0.39 is 0 Å². The molecule has 0 radical (unpaired) electrons. The summed E-state index contributed by atoms with van der Waals surface area (Å²) < 4.78 is 7.16. The summed E-state index contributed by atoms with van der Waals surface area (Å²) in [6.07, 6.45) is 5.72. The molecule has 0 N–H and O–H groups in total. The number of carbonyl (C=O) groups is 1. The number of fused-ring (bicyclic) bond motifs is 1. The quantitative estimate of drug-likeness (QED) is 0.764. The second kappa shape index (κ2) is 7.55. The number of anilines is 1. The number of nitrogens with zero attached hydrogens (tertiary/aromatic N) is 3. The average molecular weight is 331 g/mol. The monoisotopic (exact) mass is 331 g/mol. The van der Waals surface area contributed by atoms with E-state index >= 15 is 0 Å². The van der Waals surface area contributed by atoms with Gasteiger partial charge in [0.25, 0.3) is 0 Å². The molecule has 0 saturated heterocycles. The van der Waals surface area contributed by atoms with E-state index in [1.54, 1.807) is 25.1 Å². The number of aryl methyl sites for hydroxylation is 2. The van der Waals surface area contributed by atoms with E-state index in [2.05, 4.69) is 5.10 Å². The third kappa shape index (κ3) is 3.88.